The second kappa shape index (κ2) is 14.7. The Bertz CT molecular complexity index is 449. The highest BCUT2D eigenvalue weighted by Gasteiger charge is 2.16. The lowest BCUT2D eigenvalue weighted by Gasteiger charge is -2.12. The Labute approximate surface area is 153 Å². The SMILES string of the molecule is C=C(C)C(=O)OC(CCCCCCCCCCCC)=C(C)C(=O)OC. The van der Waals surface area contributed by atoms with Crippen molar-refractivity contribution in [2.45, 2.75) is 91.4 Å². The van der Waals surface area contributed by atoms with Gasteiger partial charge in [0.05, 0.1) is 12.7 Å². The quantitative estimate of drug-likeness (QED) is 0.170. The zero-order chi connectivity index (χ0) is 19.1. The molecule has 0 saturated heterocycles. The van der Waals surface area contributed by atoms with Crippen molar-refractivity contribution in [3.05, 3.63) is 23.5 Å². The van der Waals surface area contributed by atoms with Gasteiger partial charge in [0.25, 0.3) is 0 Å². The molecule has 0 aliphatic carbocycles. The Kier molecular flexibility index (Phi) is 13.8. The molecular weight excluding hydrogens is 316 g/mol. The highest BCUT2D eigenvalue weighted by atomic mass is 16.5. The minimum atomic E-state index is -0.495. The molecular formula is C21H36O4. The molecule has 0 fully saturated rings. The number of carbonyl (C=O) groups is 2. The number of ether oxygens (including phenoxy) is 2. The molecule has 0 atom stereocenters. The zero-order valence-corrected chi connectivity index (χ0v) is 16.6. The van der Waals surface area contributed by atoms with Crippen LogP contribution in [0.15, 0.2) is 23.5 Å². The summed E-state index contributed by atoms with van der Waals surface area (Å²) in [6, 6.07) is 0. The van der Waals surface area contributed by atoms with E-state index in [0.717, 1.165) is 12.8 Å². The van der Waals surface area contributed by atoms with E-state index in [-0.39, 0.29) is 0 Å². The van der Waals surface area contributed by atoms with Gasteiger partial charge in [0.1, 0.15) is 5.76 Å². The van der Waals surface area contributed by atoms with E-state index in [1.807, 2.05) is 0 Å². The Morgan fingerprint density at radius 1 is 0.800 bits per heavy atom. The number of unbranched alkanes of at least 4 members (excludes halogenated alkanes) is 9. The first-order valence-corrected chi connectivity index (χ1v) is 9.59. The fourth-order valence-electron chi connectivity index (χ4n) is 2.55. The summed E-state index contributed by atoms with van der Waals surface area (Å²) < 4.78 is 10.0. The third-order valence-electron chi connectivity index (χ3n) is 4.23. The molecule has 0 spiro atoms. The number of allylic oxidation sites excluding steroid dienone is 1. The maximum Gasteiger partial charge on any atom is 0.338 e. The van der Waals surface area contributed by atoms with E-state index in [1.54, 1.807) is 13.8 Å². The molecule has 0 rings (SSSR count). The van der Waals surface area contributed by atoms with Crippen LogP contribution in [0.25, 0.3) is 0 Å². The fraction of sp³-hybridized carbons (Fsp3) is 0.714. The smallest absolute Gasteiger partial charge is 0.338 e. The number of hydrogen-bond donors (Lipinski definition) is 0. The molecule has 0 heterocycles. The Balaban J connectivity index is 4.17. The fourth-order valence-corrected chi connectivity index (χ4v) is 2.55. The molecule has 0 aliphatic heterocycles. The molecule has 0 N–H and O–H groups in total. The van der Waals surface area contributed by atoms with Gasteiger partial charge in [-0.3, -0.25) is 0 Å². The van der Waals surface area contributed by atoms with Gasteiger partial charge in [-0.05, 0) is 20.3 Å². The van der Waals surface area contributed by atoms with Crippen LogP contribution in [-0.4, -0.2) is 19.0 Å². The summed E-state index contributed by atoms with van der Waals surface area (Å²) in [7, 11) is 1.32. The lowest BCUT2D eigenvalue weighted by Crippen LogP contribution is -2.11. The molecule has 25 heavy (non-hydrogen) atoms. The standard InChI is InChI=1S/C21H36O4/c1-6-7-8-9-10-11-12-13-14-15-16-19(18(4)21(23)24-5)25-20(22)17(2)3/h2,6-16H2,1,3-5H3. The predicted molar refractivity (Wildman–Crippen MR) is 102 cm³/mol. The Morgan fingerprint density at radius 3 is 1.72 bits per heavy atom. The summed E-state index contributed by atoms with van der Waals surface area (Å²) in [6.07, 6.45) is 12.9. The molecule has 4 nitrogen and oxygen atoms in total. The van der Waals surface area contributed by atoms with Gasteiger partial charge in [0.2, 0.25) is 0 Å². The second-order valence-corrected chi connectivity index (χ2v) is 6.64. The average molecular weight is 353 g/mol. The van der Waals surface area contributed by atoms with Gasteiger partial charge >= 0.3 is 11.9 Å². The zero-order valence-electron chi connectivity index (χ0n) is 16.6. The summed E-state index contributed by atoms with van der Waals surface area (Å²) in [5.74, 6) is -0.554. The molecule has 0 aliphatic rings. The van der Waals surface area contributed by atoms with Gasteiger partial charge in [-0.2, -0.15) is 0 Å². The number of methoxy groups -OCH3 is 1. The minimum Gasteiger partial charge on any atom is -0.466 e. The van der Waals surface area contributed by atoms with Crippen LogP contribution in [0, 0.1) is 0 Å². The van der Waals surface area contributed by atoms with Crippen LogP contribution in [0.2, 0.25) is 0 Å². The van der Waals surface area contributed by atoms with Crippen molar-refractivity contribution in [1.82, 2.24) is 0 Å². The van der Waals surface area contributed by atoms with Gasteiger partial charge in [0, 0.05) is 12.0 Å². The lowest BCUT2D eigenvalue weighted by molar-refractivity contribution is -0.137. The number of rotatable bonds is 14. The third-order valence-corrected chi connectivity index (χ3v) is 4.23. The van der Waals surface area contributed by atoms with Crippen LogP contribution in [0.1, 0.15) is 91.4 Å². The topological polar surface area (TPSA) is 52.6 Å². The van der Waals surface area contributed by atoms with Crippen molar-refractivity contribution < 1.29 is 19.1 Å². The largest absolute Gasteiger partial charge is 0.466 e. The third kappa shape index (κ3) is 11.6. The number of esters is 2. The molecule has 0 saturated carbocycles. The first-order valence-electron chi connectivity index (χ1n) is 9.59. The van der Waals surface area contributed by atoms with E-state index in [1.165, 1.54) is 58.5 Å². The van der Waals surface area contributed by atoms with Crippen molar-refractivity contribution in [1.29, 1.82) is 0 Å². The second-order valence-electron chi connectivity index (χ2n) is 6.64. The van der Waals surface area contributed by atoms with Crippen LogP contribution < -0.4 is 0 Å². The van der Waals surface area contributed by atoms with Crippen molar-refractivity contribution in [2.24, 2.45) is 0 Å². The van der Waals surface area contributed by atoms with Gasteiger partial charge in [-0.1, -0.05) is 71.3 Å². The molecule has 4 heteroatoms. The van der Waals surface area contributed by atoms with Gasteiger partial charge in [0.15, 0.2) is 0 Å². The van der Waals surface area contributed by atoms with Crippen molar-refractivity contribution in [3.63, 3.8) is 0 Å². The van der Waals surface area contributed by atoms with E-state index in [2.05, 4.69) is 13.5 Å². The molecule has 0 unspecified atom stereocenters. The first kappa shape index (κ1) is 23.4. The van der Waals surface area contributed by atoms with E-state index < -0.39 is 11.9 Å². The monoisotopic (exact) mass is 352 g/mol. The first-order chi connectivity index (χ1) is 11.9. The number of carbonyl (C=O) groups excluding carboxylic acids is 2. The average Bonchev–Trinajstić information content (AvgIpc) is 2.60. The molecule has 0 aromatic carbocycles. The maximum absolute atomic E-state index is 11.7. The maximum atomic E-state index is 11.7. The number of hydrogen-bond acceptors (Lipinski definition) is 4. The van der Waals surface area contributed by atoms with Crippen molar-refractivity contribution >= 4 is 11.9 Å². The van der Waals surface area contributed by atoms with Crippen molar-refractivity contribution in [2.75, 3.05) is 7.11 Å². The molecule has 0 aromatic rings. The summed E-state index contributed by atoms with van der Waals surface area (Å²) in [4.78, 5) is 23.4. The predicted octanol–water partition coefficient (Wildman–Crippen LogP) is 5.86. The molecule has 0 aromatic heterocycles. The summed E-state index contributed by atoms with van der Waals surface area (Å²) in [5.41, 5.74) is 0.672. The molecule has 0 radical (unpaired) electrons. The summed E-state index contributed by atoms with van der Waals surface area (Å²) in [6.45, 7) is 9.03. The summed E-state index contributed by atoms with van der Waals surface area (Å²) >= 11 is 0. The summed E-state index contributed by atoms with van der Waals surface area (Å²) in [5, 5.41) is 0. The molecule has 0 bridgehead atoms. The Morgan fingerprint density at radius 2 is 1.28 bits per heavy atom. The van der Waals surface area contributed by atoms with Crippen LogP contribution in [0.4, 0.5) is 0 Å². The van der Waals surface area contributed by atoms with Gasteiger partial charge < -0.3 is 9.47 Å². The van der Waals surface area contributed by atoms with E-state index >= 15 is 0 Å². The van der Waals surface area contributed by atoms with Crippen molar-refractivity contribution in [3.8, 4) is 0 Å². The van der Waals surface area contributed by atoms with Crippen LogP contribution >= 0.6 is 0 Å². The van der Waals surface area contributed by atoms with Crippen LogP contribution in [0.3, 0.4) is 0 Å². The Hall–Kier alpha value is -1.58. The van der Waals surface area contributed by atoms with E-state index in [0.29, 0.717) is 23.3 Å². The van der Waals surface area contributed by atoms with Crippen LogP contribution in [-0.2, 0) is 19.1 Å². The van der Waals surface area contributed by atoms with E-state index in [9.17, 15) is 9.59 Å². The minimum absolute atomic E-state index is 0.318. The van der Waals surface area contributed by atoms with E-state index in [4.69, 9.17) is 9.47 Å². The normalized spacial score (nSPS) is 11.7. The van der Waals surface area contributed by atoms with Gasteiger partial charge in [-0.25, -0.2) is 9.59 Å². The lowest BCUT2D eigenvalue weighted by atomic mass is 10.0. The van der Waals surface area contributed by atoms with Crippen LogP contribution in [0.5, 0.6) is 0 Å². The van der Waals surface area contributed by atoms with Gasteiger partial charge in [-0.15, -0.1) is 0 Å². The molecule has 0 amide bonds. The highest BCUT2D eigenvalue weighted by molar-refractivity contribution is 5.91. The highest BCUT2D eigenvalue weighted by Crippen LogP contribution is 2.19. The molecule has 144 valence electrons.